The van der Waals surface area contributed by atoms with Crippen LogP contribution in [-0.2, 0) is 0 Å². The molecule has 1 N–H and O–H groups in total. The van der Waals surface area contributed by atoms with Crippen molar-refractivity contribution < 1.29 is 4.79 Å². The van der Waals surface area contributed by atoms with Crippen LogP contribution in [0.3, 0.4) is 0 Å². The van der Waals surface area contributed by atoms with Crippen LogP contribution >= 0.6 is 15.9 Å². The monoisotopic (exact) mass is 389 g/mol. The van der Waals surface area contributed by atoms with Gasteiger partial charge in [-0.3, -0.25) is 4.79 Å². The number of amides is 1. The highest BCUT2D eigenvalue weighted by molar-refractivity contribution is 9.10. The van der Waals surface area contributed by atoms with Crippen molar-refractivity contribution in [2.24, 2.45) is 0 Å². The Labute approximate surface area is 150 Å². The molecule has 1 aliphatic rings. The van der Waals surface area contributed by atoms with Gasteiger partial charge in [0.2, 0.25) is 0 Å². The lowest BCUT2D eigenvalue weighted by Crippen LogP contribution is -2.44. The smallest absolute Gasteiger partial charge is 0.274 e. The quantitative estimate of drug-likeness (QED) is 0.873. The first kappa shape index (κ1) is 16.9. The van der Waals surface area contributed by atoms with E-state index in [0.29, 0.717) is 5.69 Å². The summed E-state index contributed by atoms with van der Waals surface area (Å²) in [4.78, 5) is 25.4. The summed E-state index contributed by atoms with van der Waals surface area (Å²) < 4.78 is 0.984. The molecule has 1 saturated heterocycles. The van der Waals surface area contributed by atoms with Crippen LogP contribution in [0, 0.1) is 6.92 Å². The van der Waals surface area contributed by atoms with Crippen LogP contribution in [0.5, 0.6) is 0 Å². The molecular weight excluding hydrogens is 370 g/mol. The number of piperazine rings is 1. The van der Waals surface area contributed by atoms with E-state index >= 15 is 0 Å². The van der Waals surface area contributed by atoms with E-state index in [4.69, 9.17) is 0 Å². The molecule has 0 radical (unpaired) electrons. The minimum Gasteiger partial charge on any atom is -0.354 e. The van der Waals surface area contributed by atoms with E-state index in [2.05, 4.69) is 48.1 Å². The molecule has 1 aromatic heterocycles. The Morgan fingerprint density at radius 2 is 1.92 bits per heavy atom. The van der Waals surface area contributed by atoms with Crippen molar-refractivity contribution in [3.05, 3.63) is 46.3 Å². The Kier molecular flexibility index (Phi) is 5.11. The van der Waals surface area contributed by atoms with Crippen LogP contribution in [-0.4, -0.2) is 54.0 Å². The summed E-state index contributed by atoms with van der Waals surface area (Å²) in [6.45, 7) is 5.74. The van der Waals surface area contributed by atoms with Gasteiger partial charge in [-0.1, -0.05) is 15.9 Å². The molecule has 0 spiro atoms. The predicted molar refractivity (Wildman–Crippen MR) is 98.6 cm³/mol. The fourth-order valence-corrected chi connectivity index (χ4v) is 3.11. The molecule has 2 heterocycles. The Morgan fingerprint density at radius 3 is 2.62 bits per heavy atom. The Hall–Kier alpha value is -1.99. The Balaban J connectivity index is 1.74. The molecular formula is C17H20BrN5O. The van der Waals surface area contributed by atoms with E-state index in [0.717, 1.165) is 47.7 Å². The maximum absolute atomic E-state index is 12.5. The summed E-state index contributed by atoms with van der Waals surface area (Å²) in [5.74, 6) is 0.578. The summed E-state index contributed by atoms with van der Waals surface area (Å²) >= 11 is 3.42. The number of likely N-dealkylation sites (N-methyl/N-ethyl adjacent to an activating group) is 1. The third kappa shape index (κ3) is 3.91. The molecule has 126 valence electrons. The number of hydrogen-bond donors (Lipinski definition) is 1. The van der Waals surface area contributed by atoms with Crippen LogP contribution in [0.25, 0.3) is 0 Å². The highest BCUT2D eigenvalue weighted by Gasteiger charge is 2.17. The molecule has 0 atom stereocenters. The number of nitrogens with zero attached hydrogens (tertiary/aromatic N) is 4. The molecule has 3 rings (SSSR count). The lowest BCUT2D eigenvalue weighted by atomic mass is 10.2. The van der Waals surface area contributed by atoms with Gasteiger partial charge in [-0.2, -0.15) is 0 Å². The van der Waals surface area contributed by atoms with Crippen LogP contribution in [0.1, 0.15) is 16.1 Å². The molecule has 1 aromatic carbocycles. The number of rotatable bonds is 3. The average Bonchev–Trinajstić information content (AvgIpc) is 2.58. The molecule has 1 amide bonds. The minimum atomic E-state index is -0.224. The number of anilines is 2. The van der Waals surface area contributed by atoms with Gasteiger partial charge in [0.1, 0.15) is 17.8 Å². The van der Waals surface area contributed by atoms with Crippen LogP contribution < -0.4 is 10.2 Å². The van der Waals surface area contributed by atoms with Gasteiger partial charge in [0, 0.05) is 42.4 Å². The van der Waals surface area contributed by atoms with Crippen molar-refractivity contribution in [1.82, 2.24) is 14.9 Å². The van der Waals surface area contributed by atoms with E-state index in [-0.39, 0.29) is 5.91 Å². The summed E-state index contributed by atoms with van der Waals surface area (Å²) in [6.07, 6.45) is 1.46. The van der Waals surface area contributed by atoms with Gasteiger partial charge in [-0.25, -0.2) is 9.97 Å². The number of halogens is 1. The Morgan fingerprint density at radius 1 is 1.17 bits per heavy atom. The molecule has 2 aromatic rings. The predicted octanol–water partition coefficient (Wildman–Crippen LogP) is 2.55. The van der Waals surface area contributed by atoms with Crippen molar-refractivity contribution in [2.75, 3.05) is 43.4 Å². The van der Waals surface area contributed by atoms with Crippen LogP contribution in [0.4, 0.5) is 11.5 Å². The number of benzene rings is 1. The molecule has 6 nitrogen and oxygen atoms in total. The number of carbonyl (C=O) groups excluding carboxylic acids is 1. The zero-order chi connectivity index (χ0) is 17.1. The normalized spacial score (nSPS) is 15.4. The first-order valence-electron chi connectivity index (χ1n) is 7.86. The minimum absolute atomic E-state index is 0.224. The number of aromatic nitrogens is 2. The molecule has 0 bridgehead atoms. The van der Waals surface area contributed by atoms with E-state index in [9.17, 15) is 4.79 Å². The topological polar surface area (TPSA) is 61.4 Å². The summed E-state index contributed by atoms with van der Waals surface area (Å²) in [7, 11) is 2.11. The average molecular weight is 390 g/mol. The maximum atomic E-state index is 12.5. The third-order valence-corrected chi connectivity index (χ3v) is 4.64. The number of carbonyl (C=O) groups is 1. The fraction of sp³-hybridized carbons (Fsp3) is 0.353. The van der Waals surface area contributed by atoms with Gasteiger partial charge in [-0.05, 0) is 37.7 Å². The molecule has 0 saturated carbocycles. The third-order valence-electron chi connectivity index (χ3n) is 4.15. The second kappa shape index (κ2) is 7.27. The standard InChI is InChI=1S/C17H20BrN5O/c1-12-9-13(18)3-4-14(12)21-17(24)15-10-16(20-11-19-15)23-7-5-22(2)6-8-23/h3-4,9-11H,5-8H2,1-2H3,(H,21,24). The summed E-state index contributed by atoms with van der Waals surface area (Å²) in [5, 5.41) is 2.91. The SMILES string of the molecule is Cc1cc(Br)ccc1NC(=O)c1cc(N2CCN(C)CC2)ncn1. The highest BCUT2D eigenvalue weighted by Crippen LogP contribution is 2.21. The summed E-state index contributed by atoms with van der Waals surface area (Å²) in [5.41, 5.74) is 2.15. The highest BCUT2D eigenvalue weighted by atomic mass is 79.9. The second-order valence-electron chi connectivity index (χ2n) is 5.97. The van der Waals surface area contributed by atoms with Gasteiger partial charge >= 0.3 is 0 Å². The molecule has 24 heavy (non-hydrogen) atoms. The van der Waals surface area contributed by atoms with Crippen molar-refractivity contribution >= 4 is 33.3 Å². The number of nitrogens with one attached hydrogen (secondary N) is 1. The Bertz CT molecular complexity index is 744. The van der Waals surface area contributed by atoms with E-state index in [1.807, 2.05) is 25.1 Å². The lowest BCUT2D eigenvalue weighted by Gasteiger charge is -2.33. The zero-order valence-corrected chi connectivity index (χ0v) is 15.4. The van der Waals surface area contributed by atoms with Gasteiger partial charge < -0.3 is 15.1 Å². The van der Waals surface area contributed by atoms with E-state index in [1.54, 1.807) is 6.07 Å². The van der Waals surface area contributed by atoms with E-state index in [1.165, 1.54) is 6.33 Å². The van der Waals surface area contributed by atoms with Crippen molar-refractivity contribution in [3.8, 4) is 0 Å². The first-order valence-corrected chi connectivity index (χ1v) is 8.65. The van der Waals surface area contributed by atoms with Gasteiger partial charge in [0.25, 0.3) is 5.91 Å². The van der Waals surface area contributed by atoms with Crippen molar-refractivity contribution in [1.29, 1.82) is 0 Å². The van der Waals surface area contributed by atoms with E-state index < -0.39 is 0 Å². The molecule has 0 aliphatic carbocycles. The number of hydrogen-bond acceptors (Lipinski definition) is 5. The molecule has 1 fully saturated rings. The largest absolute Gasteiger partial charge is 0.354 e. The fourth-order valence-electron chi connectivity index (χ4n) is 2.63. The zero-order valence-electron chi connectivity index (χ0n) is 13.8. The lowest BCUT2D eigenvalue weighted by molar-refractivity contribution is 0.102. The van der Waals surface area contributed by atoms with Gasteiger partial charge in [0.15, 0.2) is 0 Å². The summed E-state index contributed by atoms with van der Waals surface area (Å²) in [6, 6.07) is 7.50. The second-order valence-corrected chi connectivity index (χ2v) is 6.88. The first-order chi connectivity index (χ1) is 11.5. The molecule has 0 unspecified atom stereocenters. The molecule has 7 heteroatoms. The van der Waals surface area contributed by atoms with Crippen molar-refractivity contribution in [2.45, 2.75) is 6.92 Å². The maximum Gasteiger partial charge on any atom is 0.274 e. The van der Waals surface area contributed by atoms with Crippen LogP contribution in [0.15, 0.2) is 35.1 Å². The molecule has 1 aliphatic heterocycles. The van der Waals surface area contributed by atoms with Gasteiger partial charge in [-0.15, -0.1) is 0 Å². The van der Waals surface area contributed by atoms with Crippen molar-refractivity contribution in [3.63, 3.8) is 0 Å². The van der Waals surface area contributed by atoms with Crippen LogP contribution in [0.2, 0.25) is 0 Å². The van der Waals surface area contributed by atoms with Gasteiger partial charge in [0.05, 0.1) is 0 Å². The number of aryl methyl sites for hydroxylation is 1.